The Hall–Kier alpha value is -1.31. The Bertz CT molecular complexity index is 581. The first-order valence-corrected chi connectivity index (χ1v) is 8.05. The van der Waals surface area contributed by atoms with Gasteiger partial charge in [0.25, 0.3) is 0 Å². The van der Waals surface area contributed by atoms with E-state index in [2.05, 4.69) is 4.18 Å². The van der Waals surface area contributed by atoms with Crippen molar-refractivity contribution < 1.29 is 21.9 Å². The van der Waals surface area contributed by atoms with Gasteiger partial charge in [0, 0.05) is 12.1 Å². The minimum Gasteiger partial charge on any atom is -0.492 e. The zero-order valence-corrected chi connectivity index (χ0v) is 13.9. The minimum atomic E-state index is -4.53. The Labute approximate surface area is 126 Å². The summed E-state index contributed by atoms with van der Waals surface area (Å²) >= 11 is 0. The summed E-state index contributed by atoms with van der Waals surface area (Å²) in [6, 6.07) is 3.32. The van der Waals surface area contributed by atoms with Crippen LogP contribution in [0.25, 0.3) is 0 Å². The van der Waals surface area contributed by atoms with E-state index in [1.807, 2.05) is 32.8 Å². The highest BCUT2D eigenvalue weighted by molar-refractivity contribution is 7.81. The largest absolute Gasteiger partial charge is 0.492 e. The second-order valence-corrected chi connectivity index (χ2v) is 6.50. The van der Waals surface area contributed by atoms with E-state index in [1.54, 1.807) is 19.1 Å². The normalized spacial score (nSPS) is 12.0. The van der Waals surface area contributed by atoms with Crippen molar-refractivity contribution in [2.24, 2.45) is 0 Å². The summed E-state index contributed by atoms with van der Waals surface area (Å²) in [6.07, 6.45) is 0. The van der Waals surface area contributed by atoms with E-state index in [-0.39, 0.29) is 11.7 Å². The van der Waals surface area contributed by atoms with Crippen molar-refractivity contribution in [2.75, 3.05) is 27.2 Å². The maximum absolute atomic E-state index is 10.9. The highest BCUT2D eigenvalue weighted by Crippen LogP contribution is 2.33. The summed E-state index contributed by atoms with van der Waals surface area (Å²) in [6.45, 7) is 6.95. The van der Waals surface area contributed by atoms with Crippen LogP contribution in [0.4, 0.5) is 0 Å². The molecule has 0 saturated heterocycles. The Morgan fingerprint density at radius 1 is 1.24 bits per heavy atom. The molecule has 0 heterocycles. The lowest BCUT2D eigenvalue weighted by atomic mass is 10.00. The van der Waals surface area contributed by atoms with Gasteiger partial charge in [0.15, 0.2) is 0 Å². The summed E-state index contributed by atoms with van der Waals surface area (Å²) < 4.78 is 40.9. The van der Waals surface area contributed by atoms with Crippen LogP contribution in [0.3, 0.4) is 0 Å². The molecule has 7 heteroatoms. The molecule has 0 aliphatic rings. The Morgan fingerprint density at radius 3 is 2.33 bits per heavy atom. The van der Waals surface area contributed by atoms with Crippen molar-refractivity contribution in [3.63, 3.8) is 0 Å². The molecule has 1 rings (SSSR count). The molecule has 0 saturated carbocycles. The molecule has 120 valence electrons. The fourth-order valence-electron chi connectivity index (χ4n) is 1.79. The molecule has 0 bridgehead atoms. The van der Waals surface area contributed by atoms with Crippen LogP contribution >= 0.6 is 0 Å². The quantitative estimate of drug-likeness (QED) is 0.777. The van der Waals surface area contributed by atoms with E-state index in [9.17, 15) is 8.42 Å². The van der Waals surface area contributed by atoms with Crippen molar-refractivity contribution in [3.8, 4) is 11.5 Å². The SMILES string of the molecule is Cc1cc(OCCN(C)C)c(C(C)C)cc1OS(=O)(=O)O. The zero-order chi connectivity index (χ0) is 16.2. The van der Waals surface area contributed by atoms with Gasteiger partial charge >= 0.3 is 10.4 Å². The molecule has 0 radical (unpaired) electrons. The molecule has 0 atom stereocenters. The van der Waals surface area contributed by atoms with E-state index in [1.165, 1.54) is 0 Å². The third-order valence-electron chi connectivity index (χ3n) is 2.92. The van der Waals surface area contributed by atoms with E-state index in [0.29, 0.717) is 17.9 Å². The molecule has 1 N–H and O–H groups in total. The van der Waals surface area contributed by atoms with Gasteiger partial charge in [-0.3, -0.25) is 4.55 Å². The lowest BCUT2D eigenvalue weighted by Gasteiger charge is -2.18. The van der Waals surface area contributed by atoms with Crippen LogP contribution in [0.2, 0.25) is 0 Å². The molecule has 0 aliphatic carbocycles. The number of ether oxygens (including phenoxy) is 1. The summed E-state index contributed by atoms with van der Waals surface area (Å²) in [5.41, 5.74) is 1.41. The van der Waals surface area contributed by atoms with E-state index >= 15 is 0 Å². The highest BCUT2D eigenvalue weighted by Gasteiger charge is 2.16. The number of hydrogen-bond donors (Lipinski definition) is 1. The van der Waals surface area contributed by atoms with Crippen LogP contribution < -0.4 is 8.92 Å². The lowest BCUT2D eigenvalue weighted by molar-refractivity contribution is 0.258. The Kier molecular flexibility index (Phi) is 6.00. The van der Waals surface area contributed by atoms with Crippen LogP contribution in [0.5, 0.6) is 11.5 Å². The number of benzene rings is 1. The van der Waals surface area contributed by atoms with Crippen molar-refractivity contribution in [2.45, 2.75) is 26.7 Å². The van der Waals surface area contributed by atoms with Gasteiger partial charge in [0.05, 0.1) is 0 Å². The summed E-state index contributed by atoms with van der Waals surface area (Å²) in [4.78, 5) is 2.01. The van der Waals surface area contributed by atoms with Gasteiger partial charge in [-0.15, -0.1) is 0 Å². The average molecular weight is 317 g/mol. The van der Waals surface area contributed by atoms with E-state index < -0.39 is 10.4 Å². The van der Waals surface area contributed by atoms with E-state index in [0.717, 1.165) is 12.1 Å². The van der Waals surface area contributed by atoms with Gasteiger partial charge in [0.2, 0.25) is 0 Å². The molecule has 0 fully saturated rings. The van der Waals surface area contributed by atoms with Crippen LogP contribution in [0.1, 0.15) is 30.9 Å². The van der Waals surface area contributed by atoms with Gasteiger partial charge in [-0.25, -0.2) is 0 Å². The Morgan fingerprint density at radius 2 is 1.86 bits per heavy atom. The van der Waals surface area contributed by atoms with Gasteiger partial charge in [-0.1, -0.05) is 13.8 Å². The van der Waals surface area contributed by atoms with Crippen molar-refractivity contribution >= 4 is 10.4 Å². The molecule has 0 unspecified atom stereocenters. The number of likely N-dealkylation sites (N-methyl/N-ethyl adjacent to an activating group) is 1. The van der Waals surface area contributed by atoms with Crippen molar-refractivity contribution in [3.05, 3.63) is 23.3 Å². The third kappa shape index (κ3) is 5.91. The zero-order valence-electron chi connectivity index (χ0n) is 13.1. The molecule has 1 aromatic rings. The van der Waals surface area contributed by atoms with Crippen molar-refractivity contribution in [1.29, 1.82) is 0 Å². The predicted molar refractivity (Wildman–Crippen MR) is 81.5 cm³/mol. The maximum Gasteiger partial charge on any atom is 0.446 e. The molecular weight excluding hydrogens is 294 g/mol. The van der Waals surface area contributed by atoms with Gasteiger partial charge in [-0.05, 0) is 44.6 Å². The summed E-state index contributed by atoms with van der Waals surface area (Å²) in [5, 5.41) is 0. The molecular formula is C14H23NO5S. The summed E-state index contributed by atoms with van der Waals surface area (Å²) in [7, 11) is -0.612. The van der Waals surface area contributed by atoms with Crippen molar-refractivity contribution in [1.82, 2.24) is 4.90 Å². The minimum absolute atomic E-state index is 0.112. The third-order valence-corrected chi connectivity index (χ3v) is 3.31. The van der Waals surface area contributed by atoms with Gasteiger partial charge < -0.3 is 13.8 Å². The second kappa shape index (κ2) is 7.11. The van der Waals surface area contributed by atoms with E-state index in [4.69, 9.17) is 9.29 Å². The number of aryl methyl sites for hydroxylation is 1. The molecule has 1 aromatic carbocycles. The number of hydrogen-bond acceptors (Lipinski definition) is 5. The molecule has 6 nitrogen and oxygen atoms in total. The molecule has 0 amide bonds. The second-order valence-electron chi connectivity index (χ2n) is 5.47. The first kappa shape index (κ1) is 17.7. The Balaban J connectivity index is 3.06. The smallest absolute Gasteiger partial charge is 0.446 e. The molecule has 0 aromatic heterocycles. The predicted octanol–water partition coefficient (Wildman–Crippen LogP) is 2.24. The van der Waals surface area contributed by atoms with Crippen LogP contribution in [0, 0.1) is 6.92 Å². The number of nitrogens with zero attached hydrogens (tertiary/aromatic N) is 1. The van der Waals surface area contributed by atoms with Crippen LogP contribution in [-0.2, 0) is 10.4 Å². The van der Waals surface area contributed by atoms with Crippen LogP contribution in [-0.4, -0.2) is 45.1 Å². The van der Waals surface area contributed by atoms with Crippen LogP contribution in [0.15, 0.2) is 12.1 Å². The standard InChI is InChI=1S/C14H23NO5S/c1-10(2)12-9-13(20-21(16,17)18)11(3)8-14(12)19-7-6-15(4)5/h8-10H,6-7H2,1-5H3,(H,16,17,18). The first-order chi connectivity index (χ1) is 9.60. The maximum atomic E-state index is 10.9. The monoisotopic (exact) mass is 317 g/mol. The lowest BCUT2D eigenvalue weighted by Crippen LogP contribution is -2.20. The molecule has 0 aliphatic heterocycles. The fourth-order valence-corrected chi connectivity index (χ4v) is 2.20. The molecule has 21 heavy (non-hydrogen) atoms. The average Bonchev–Trinajstić information content (AvgIpc) is 2.29. The first-order valence-electron chi connectivity index (χ1n) is 6.69. The fraction of sp³-hybridized carbons (Fsp3) is 0.571. The summed E-state index contributed by atoms with van der Waals surface area (Å²) in [5.74, 6) is 0.942. The number of rotatable bonds is 7. The van der Waals surface area contributed by atoms with Gasteiger partial charge in [0.1, 0.15) is 18.1 Å². The molecule has 0 spiro atoms. The highest BCUT2D eigenvalue weighted by atomic mass is 32.3. The van der Waals surface area contributed by atoms with Gasteiger partial charge in [-0.2, -0.15) is 8.42 Å². The topological polar surface area (TPSA) is 76.1 Å².